The van der Waals surface area contributed by atoms with Crippen LogP contribution in [-0.2, 0) is 9.53 Å². The van der Waals surface area contributed by atoms with E-state index < -0.39 is 5.97 Å². The fourth-order valence-corrected chi connectivity index (χ4v) is 1.53. The Bertz CT molecular complexity index is 680. The number of methoxy groups -OCH3 is 1. The smallest absolute Gasteiger partial charge is 0.330 e. The van der Waals surface area contributed by atoms with E-state index in [1.54, 1.807) is 6.20 Å². The maximum Gasteiger partial charge on any atom is 0.330 e. The first-order valence-corrected chi connectivity index (χ1v) is 5.02. The second-order valence-corrected chi connectivity index (χ2v) is 3.48. The Labute approximate surface area is 102 Å². The van der Waals surface area contributed by atoms with Gasteiger partial charge in [-0.1, -0.05) is 0 Å². The molecule has 0 aliphatic heterocycles. The first-order chi connectivity index (χ1) is 8.65. The predicted octanol–water partition coefficient (Wildman–Crippen LogP) is 1.10. The summed E-state index contributed by atoms with van der Waals surface area (Å²) in [6, 6.07) is 3.38. The number of carbonyl (C=O) groups excluding carboxylic acids is 1. The molecule has 0 amide bonds. The topological polar surface area (TPSA) is 87.6 Å². The summed E-state index contributed by atoms with van der Waals surface area (Å²) in [6.45, 7) is 0. The van der Waals surface area contributed by atoms with E-state index in [9.17, 15) is 9.90 Å². The van der Waals surface area contributed by atoms with Crippen molar-refractivity contribution in [2.75, 3.05) is 7.11 Å². The van der Waals surface area contributed by atoms with Gasteiger partial charge in [0, 0.05) is 12.3 Å². The van der Waals surface area contributed by atoms with Crippen LogP contribution < -0.4 is 0 Å². The number of nitriles is 1. The van der Waals surface area contributed by atoms with E-state index in [-0.39, 0.29) is 11.3 Å². The van der Waals surface area contributed by atoms with E-state index >= 15 is 0 Å². The minimum atomic E-state index is -0.493. The van der Waals surface area contributed by atoms with Crippen LogP contribution in [0.25, 0.3) is 11.6 Å². The Morgan fingerprint density at radius 2 is 2.44 bits per heavy atom. The van der Waals surface area contributed by atoms with E-state index in [1.165, 1.54) is 36.0 Å². The van der Waals surface area contributed by atoms with Crippen LogP contribution in [0, 0.1) is 11.3 Å². The van der Waals surface area contributed by atoms with Crippen LogP contribution in [0.4, 0.5) is 0 Å². The van der Waals surface area contributed by atoms with E-state index in [2.05, 4.69) is 9.84 Å². The highest BCUT2D eigenvalue weighted by atomic mass is 16.5. The molecule has 6 heteroatoms. The molecule has 0 saturated carbocycles. The maximum absolute atomic E-state index is 10.9. The molecule has 90 valence electrons. The largest absolute Gasteiger partial charge is 0.506 e. The van der Waals surface area contributed by atoms with Crippen LogP contribution in [0.15, 0.2) is 24.5 Å². The SMILES string of the molecule is COC(=O)/C=C/c1cc(O)c2c(C#N)cnn2c1. The highest BCUT2D eigenvalue weighted by Crippen LogP contribution is 2.23. The lowest BCUT2D eigenvalue weighted by atomic mass is 10.2. The van der Waals surface area contributed by atoms with Gasteiger partial charge in [0.1, 0.15) is 22.9 Å². The summed E-state index contributed by atoms with van der Waals surface area (Å²) in [4.78, 5) is 10.9. The second kappa shape index (κ2) is 4.59. The lowest BCUT2D eigenvalue weighted by Crippen LogP contribution is -1.94. The van der Waals surface area contributed by atoms with Crippen molar-refractivity contribution in [1.29, 1.82) is 5.26 Å². The van der Waals surface area contributed by atoms with Gasteiger partial charge in [-0.3, -0.25) is 0 Å². The molecule has 0 saturated heterocycles. The first kappa shape index (κ1) is 11.7. The van der Waals surface area contributed by atoms with Gasteiger partial charge < -0.3 is 9.84 Å². The monoisotopic (exact) mass is 243 g/mol. The second-order valence-electron chi connectivity index (χ2n) is 3.48. The van der Waals surface area contributed by atoms with Crippen molar-refractivity contribution in [2.24, 2.45) is 0 Å². The number of hydrogen-bond donors (Lipinski definition) is 1. The number of esters is 1. The van der Waals surface area contributed by atoms with E-state index in [4.69, 9.17) is 5.26 Å². The van der Waals surface area contributed by atoms with Crippen molar-refractivity contribution < 1.29 is 14.6 Å². The van der Waals surface area contributed by atoms with E-state index in [1.807, 2.05) is 6.07 Å². The average molecular weight is 243 g/mol. The molecule has 0 aliphatic rings. The Morgan fingerprint density at radius 3 is 3.11 bits per heavy atom. The molecule has 2 aromatic heterocycles. The average Bonchev–Trinajstić information content (AvgIpc) is 2.79. The van der Waals surface area contributed by atoms with Gasteiger partial charge in [0.15, 0.2) is 0 Å². The fourth-order valence-electron chi connectivity index (χ4n) is 1.53. The van der Waals surface area contributed by atoms with Gasteiger partial charge in [0.05, 0.1) is 13.3 Å². The van der Waals surface area contributed by atoms with Gasteiger partial charge in [0.25, 0.3) is 0 Å². The third kappa shape index (κ3) is 2.01. The van der Waals surface area contributed by atoms with Crippen molar-refractivity contribution in [3.05, 3.63) is 35.7 Å². The zero-order valence-corrected chi connectivity index (χ0v) is 9.49. The number of aromatic nitrogens is 2. The lowest BCUT2D eigenvalue weighted by molar-refractivity contribution is -0.134. The van der Waals surface area contributed by atoms with Gasteiger partial charge in [-0.15, -0.1) is 0 Å². The van der Waals surface area contributed by atoms with Gasteiger partial charge >= 0.3 is 5.97 Å². The number of aromatic hydroxyl groups is 1. The maximum atomic E-state index is 10.9. The Kier molecular flexibility index (Phi) is 2.98. The van der Waals surface area contributed by atoms with Gasteiger partial charge in [-0.25, -0.2) is 9.31 Å². The molecule has 0 atom stereocenters. The molecular formula is C12H9N3O3. The quantitative estimate of drug-likeness (QED) is 0.630. The molecule has 1 N–H and O–H groups in total. The molecule has 2 heterocycles. The summed E-state index contributed by atoms with van der Waals surface area (Å²) in [5.41, 5.74) is 1.20. The number of carbonyl (C=O) groups is 1. The number of pyridine rings is 1. The van der Waals surface area contributed by atoms with Crippen molar-refractivity contribution >= 4 is 17.6 Å². The van der Waals surface area contributed by atoms with Gasteiger partial charge in [0.2, 0.25) is 0 Å². The van der Waals surface area contributed by atoms with E-state index in [0.29, 0.717) is 11.1 Å². The number of hydrogen-bond acceptors (Lipinski definition) is 5. The van der Waals surface area contributed by atoms with Crippen molar-refractivity contribution in [1.82, 2.24) is 9.61 Å². The summed E-state index contributed by atoms with van der Waals surface area (Å²) in [7, 11) is 1.28. The molecule has 2 aromatic rings. The molecule has 0 bridgehead atoms. The molecule has 0 unspecified atom stereocenters. The fraction of sp³-hybridized carbons (Fsp3) is 0.0833. The predicted molar refractivity (Wildman–Crippen MR) is 62.6 cm³/mol. The minimum absolute atomic E-state index is 0.0731. The summed E-state index contributed by atoms with van der Waals surface area (Å²) >= 11 is 0. The van der Waals surface area contributed by atoms with Crippen LogP contribution in [0.5, 0.6) is 5.75 Å². The highest BCUT2D eigenvalue weighted by molar-refractivity contribution is 5.87. The van der Waals surface area contributed by atoms with Crippen molar-refractivity contribution in [3.63, 3.8) is 0 Å². The van der Waals surface area contributed by atoms with Gasteiger partial charge in [-0.2, -0.15) is 10.4 Å². The van der Waals surface area contributed by atoms with Crippen LogP contribution in [-0.4, -0.2) is 27.8 Å². The molecule has 0 aliphatic carbocycles. The van der Waals surface area contributed by atoms with Crippen molar-refractivity contribution in [2.45, 2.75) is 0 Å². The summed E-state index contributed by atoms with van der Waals surface area (Å²) in [5, 5.41) is 22.6. The van der Waals surface area contributed by atoms with Crippen molar-refractivity contribution in [3.8, 4) is 11.8 Å². The first-order valence-electron chi connectivity index (χ1n) is 5.02. The Hall–Kier alpha value is -2.81. The van der Waals surface area contributed by atoms with Crippen LogP contribution in [0.1, 0.15) is 11.1 Å². The number of rotatable bonds is 2. The zero-order valence-electron chi connectivity index (χ0n) is 9.49. The van der Waals surface area contributed by atoms with Crippen LogP contribution in [0.2, 0.25) is 0 Å². The number of fused-ring (bicyclic) bond motifs is 1. The standard InChI is InChI=1S/C12H9N3O3/c1-18-11(17)3-2-8-4-10(16)12-9(5-13)6-14-15(12)7-8/h2-4,6-7,16H,1H3/b3-2+. The molecule has 0 fully saturated rings. The Morgan fingerprint density at radius 1 is 1.67 bits per heavy atom. The Balaban J connectivity index is 2.48. The molecule has 0 aromatic carbocycles. The summed E-state index contributed by atoms with van der Waals surface area (Å²) in [5.74, 6) is -0.566. The summed E-state index contributed by atoms with van der Waals surface area (Å²) < 4.78 is 5.84. The third-order valence-electron chi connectivity index (χ3n) is 2.35. The summed E-state index contributed by atoms with van der Waals surface area (Å²) in [6.07, 6.45) is 5.67. The van der Waals surface area contributed by atoms with Gasteiger partial charge in [-0.05, 0) is 17.7 Å². The molecule has 2 rings (SSSR count). The van der Waals surface area contributed by atoms with E-state index in [0.717, 1.165) is 0 Å². The highest BCUT2D eigenvalue weighted by Gasteiger charge is 2.09. The third-order valence-corrected chi connectivity index (χ3v) is 2.35. The molecule has 0 radical (unpaired) electrons. The lowest BCUT2D eigenvalue weighted by Gasteiger charge is -2.00. The molecule has 0 spiro atoms. The number of ether oxygens (including phenoxy) is 1. The normalized spacial score (nSPS) is 10.7. The molecule has 18 heavy (non-hydrogen) atoms. The molecule has 6 nitrogen and oxygen atoms in total. The van der Waals surface area contributed by atoms with Crippen LogP contribution in [0.3, 0.4) is 0 Å². The minimum Gasteiger partial charge on any atom is -0.506 e. The van der Waals surface area contributed by atoms with Crippen LogP contribution >= 0.6 is 0 Å². The molecular weight excluding hydrogens is 234 g/mol. The number of nitrogens with zero attached hydrogens (tertiary/aromatic N) is 3. The zero-order chi connectivity index (χ0) is 13.1.